The minimum atomic E-state index is -0.446. The van der Waals surface area contributed by atoms with Crippen LogP contribution in [0.15, 0.2) is 18.3 Å². The van der Waals surface area contributed by atoms with E-state index < -0.39 is 6.04 Å². The van der Waals surface area contributed by atoms with E-state index >= 15 is 0 Å². The molecule has 1 atom stereocenters. The molecule has 1 fully saturated rings. The zero-order valence-electron chi connectivity index (χ0n) is 10.6. The van der Waals surface area contributed by atoms with E-state index in [1.807, 2.05) is 19.1 Å². The molecule has 2 amide bonds. The van der Waals surface area contributed by atoms with Crippen LogP contribution in [0.3, 0.4) is 0 Å². The lowest BCUT2D eigenvalue weighted by Crippen LogP contribution is -2.42. The Labute approximate surface area is 106 Å². The van der Waals surface area contributed by atoms with Gasteiger partial charge in [0.25, 0.3) is 0 Å². The van der Waals surface area contributed by atoms with Gasteiger partial charge in [-0.1, -0.05) is 6.07 Å². The van der Waals surface area contributed by atoms with Crippen LogP contribution >= 0.6 is 0 Å². The first kappa shape index (κ1) is 12.5. The third-order valence-corrected chi connectivity index (χ3v) is 3.01. The van der Waals surface area contributed by atoms with Crippen LogP contribution in [0.25, 0.3) is 0 Å². The Balaban J connectivity index is 2.09. The van der Waals surface area contributed by atoms with Gasteiger partial charge in [-0.2, -0.15) is 0 Å². The standard InChI is InChI=1S/C13H17N3O2/c1-9-3-4-11(7-14-9)8-16-6-5-12(17)15-10(2)13(16)18/h3-4,7,10H,5-6,8H2,1-2H3,(H,15,17). The van der Waals surface area contributed by atoms with Gasteiger partial charge >= 0.3 is 0 Å². The molecular weight excluding hydrogens is 230 g/mol. The topological polar surface area (TPSA) is 62.3 Å². The SMILES string of the molecule is Cc1ccc(CN2CCC(=O)NC(C)C2=O)cn1. The summed E-state index contributed by atoms with van der Waals surface area (Å²) in [5.74, 6) is -0.109. The quantitative estimate of drug-likeness (QED) is 0.833. The Kier molecular flexibility index (Phi) is 3.60. The van der Waals surface area contributed by atoms with Crippen LogP contribution in [-0.2, 0) is 16.1 Å². The van der Waals surface area contributed by atoms with E-state index in [1.54, 1.807) is 18.0 Å². The summed E-state index contributed by atoms with van der Waals surface area (Å²) >= 11 is 0. The van der Waals surface area contributed by atoms with Crippen molar-refractivity contribution in [2.45, 2.75) is 32.9 Å². The molecule has 1 N–H and O–H groups in total. The molecule has 1 aromatic rings. The van der Waals surface area contributed by atoms with Gasteiger partial charge < -0.3 is 10.2 Å². The molecule has 0 aliphatic carbocycles. The number of hydrogen-bond acceptors (Lipinski definition) is 3. The highest BCUT2D eigenvalue weighted by Crippen LogP contribution is 2.09. The summed E-state index contributed by atoms with van der Waals surface area (Å²) in [6.07, 6.45) is 2.13. The number of carbonyl (C=O) groups is 2. The molecule has 5 heteroatoms. The molecule has 0 radical (unpaired) electrons. The zero-order chi connectivity index (χ0) is 13.1. The van der Waals surface area contributed by atoms with Crippen molar-refractivity contribution in [1.82, 2.24) is 15.2 Å². The largest absolute Gasteiger partial charge is 0.345 e. The lowest BCUT2D eigenvalue weighted by Gasteiger charge is -2.22. The highest BCUT2D eigenvalue weighted by atomic mass is 16.2. The van der Waals surface area contributed by atoms with Gasteiger partial charge in [-0.05, 0) is 25.5 Å². The highest BCUT2D eigenvalue weighted by molar-refractivity contribution is 5.89. The maximum absolute atomic E-state index is 12.1. The van der Waals surface area contributed by atoms with Crippen molar-refractivity contribution >= 4 is 11.8 Å². The second-order valence-corrected chi connectivity index (χ2v) is 4.61. The van der Waals surface area contributed by atoms with Gasteiger partial charge in [0.05, 0.1) is 0 Å². The number of aromatic nitrogens is 1. The van der Waals surface area contributed by atoms with Gasteiger partial charge in [-0.3, -0.25) is 14.6 Å². The highest BCUT2D eigenvalue weighted by Gasteiger charge is 2.26. The Morgan fingerprint density at radius 1 is 1.44 bits per heavy atom. The van der Waals surface area contributed by atoms with Crippen LogP contribution in [0.5, 0.6) is 0 Å². The third-order valence-electron chi connectivity index (χ3n) is 3.01. The molecule has 1 saturated heterocycles. The predicted octanol–water partition coefficient (Wildman–Crippen LogP) is 0.627. The van der Waals surface area contributed by atoms with Crippen LogP contribution in [0.2, 0.25) is 0 Å². The number of rotatable bonds is 2. The number of nitrogens with one attached hydrogen (secondary N) is 1. The fourth-order valence-electron chi connectivity index (χ4n) is 1.97. The average molecular weight is 247 g/mol. The minimum Gasteiger partial charge on any atom is -0.345 e. The van der Waals surface area contributed by atoms with E-state index in [-0.39, 0.29) is 11.8 Å². The Morgan fingerprint density at radius 3 is 2.89 bits per heavy atom. The van der Waals surface area contributed by atoms with Gasteiger partial charge in [0, 0.05) is 31.4 Å². The Bertz CT molecular complexity index is 456. The molecule has 5 nitrogen and oxygen atoms in total. The summed E-state index contributed by atoms with van der Waals surface area (Å²) in [6, 6.07) is 3.43. The van der Waals surface area contributed by atoms with Crippen molar-refractivity contribution < 1.29 is 9.59 Å². The zero-order valence-corrected chi connectivity index (χ0v) is 10.6. The lowest BCUT2D eigenvalue weighted by atomic mass is 10.2. The summed E-state index contributed by atoms with van der Waals surface area (Å²) in [5.41, 5.74) is 1.93. The molecule has 1 unspecified atom stereocenters. The second-order valence-electron chi connectivity index (χ2n) is 4.61. The molecule has 1 aliphatic heterocycles. The van der Waals surface area contributed by atoms with Crippen LogP contribution in [-0.4, -0.2) is 34.3 Å². The van der Waals surface area contributed by atoms with Crippen LogP contribution < -0.4 is 5.32 Å². The molecule has 0 bridgehead atoms. The first-order valence-electron chi connectivity index (χ1n) is 6.06. The maximum atomic E-state index is 12.1. The summed E-state index contributed by atoms with van der Waals surface area (Å²) in [5, 5.41) is 2.67. The number of aryl methyl sites for hydroxylation is 1. The Morgan fingerprint density at radius 2 is 2.22 bits per heavy atom. The number of hydrogen-bond donors (Lipinski definition) is 1. The number of amides is 2. The lowest BCUT2D eigenvalue weighted by molar-refractivity contribution is -0.133. The predicted molar refractivity (Wildman–Crippen MR) is 66.6 cm³/mol. The monoisotopic (exact) mass is 247 g/mol. The number of nitrogens with zero attached hydrogens (tertiary/aromatic N) is 2. The van der Waals surface area contributed by atoms with Crippen molar-refractivity contribution in [3.05, 3.63) is 29.6 Å². The Hall–Kier alpha value is -1.91. The molecule has 2 heterocycles. The normalized spacial score (nSPS) is 20.6. The fraction of sp³-hybridized carbons (Fsp3) is 0.462. The molecule has 18 heavy (non-hydrogen) atoms. The van der Waals surface area contributed by atoms with E-state index in [9.17, 15) is 9.59 Å². The molecule has 1 aliphatic rings. The van der Waals surface area contributed by atoms with Crippen molar-refractivity contribution in [2.24, 2.45) is 0 Å². The van der Waals surface area contributed by atoms with Crippen LogP contribution in [0.4, 0.5) is 0 Å². The van der Waals surface area contributed by atoms with Crippen molar-refractivity contribution in [3.8, 4) is 0 Å². The van der Waals surface area contributed by atoms with Gasteiger partial charge in [0.15, 0.2) is 0 Å². The van der Waals surface area contributed by atoms with Crippen molar-refractivity contribution in [1.29, 1.82) is 0 Å². The minimum absolute atomic E-state index is 0.0403. The first-order chi connectivity index (χ1) is 8.56. The van der Waals surface area contributed by atoms with Gasteiger partial charge in [0.1, 0.15) is 6.04 Å². The van der Waals surface area contributed by atoms with Gasteiger partial charge in [0.2, 0.25) is 11.8 Å². The summed E-state index contributed by atoms with van der Waals surface area (Å²) < 4.78 is 0. The van der Waals surface area contributed by atoms with Crippen molar-refractivity contribution in [2.75, 3.05) is 6.54 Å². The molecule has 0 spiro atoms. The fourth-order valence-corrected chi connectivity index (χ4v) is 1.97. The molecular formula is C13H17N3O2. The summed E-state index contributed by atoms with van der Waals surface area (Å²) in [4.78, 5) is 29.3. The number of carbonyl (C=O) groups excluding carboxylic acids is 2. The smallest absolute Gasteiger partial charge is 0.245 e. The molecule has 1 aromatic heterocycles. The van der Waals surface area contributed by atoms with E-state index in [1.165, 1.54) is 0 Å². The van der Waals surface area contributed by atoms with Crippen LogP contribution in [0, 0.1) is 6.92 Å². The number of pyridine rings is 1. The summed E-state index contributed by atoms with van der Waals surface area (Å²) in [7, 11) is 0. The van der Waals surface area contributed by atoms with E-state index in [0.717, 1.165) is 11.3 Å². The van der Waals surface area contributed by atoms with Gasteiger partial charge in [-0.15, -0.1) is 0 Å². The van der Waals surface area contributed by atoms with Gasteiger partial charge in [-0.25, -0.2) is 0 Å². The molecule has 0 saturated carbocycles. The molecule has 0 aromatic carbocycles. The first-order valence-corrected chi connectivity index (χ1v) is 6.06. The van der Waals surface area contributed by atoms with Crippen LogP contribution in [0.1, 0.15) is 24.6 Å². The van der Waals surface area contributed by atoms with E-state index in [4.69, 9.17) is 0 Å². The summed E-state index contributed by atoms with van der Waals surface area (Å²) in [6.45, 7) is 4.60. The second kappa shape index (κ2) is 5.16. The molecule has 2 rings (SSSR count). The molecule has 96 valence electrons. The van der Waals surface area contributed by atoms with Crippen molar-refractivity contribution in [3.63, 3.8) is 0 Å². The maximum Gasteiger partial charge on any atom is 0.245 e. The van der Waals surface area contributed by atoms with E-state index in [2.05, 4.69) is 10.3 Å². The third kappa shape index (κ3) is 2.85. The van der Waals surface area contributed by atoms with E-state index in [0.29, 0.717) is 19.5 Å². The average Bonchev–Trinajstić information content (AvgIpc) is 2.46.